The molecule has 116 valence electrons. The van der Waals surface area contributed by atoms with Crippen LogP contribution in [0.3, 0.4) is 0 Å². The third-order valence-corrected chi connectivity index (χ3v) is 3.72. The van der Waals surface area contributed by atoms with Crippen molar-refractivity contribution >= 4 is 11.8 Å². The van der Waals surface area contributed by atoms with Gasteiger partial charge in [0, 0.05) is 31.3 Å². The summed E-state index contributed by atoms with van der Waals surface area (Å²) in [7, 11) is 1.93. The number of likely N-dealkylation sites (N-methyl/N-ethyl adjacent to an activating group) is 1. The minimum Gasteiger partial charge on any atom is -0.478 e. The van der Waals surface area contributed by atoms with Crippen molar-refractivity contribution in [3.8, 4) is 0 Å². The summed E-state index contributed by atoms with van der Waals surface area (Å²) in [6, 6.07) is 3.29. The zero-order chi connectivity index (χ0) is 15.6. The van der Waals surface area contributed by atoms with E-state index in [0.29, 0.717) is 5.82 Å². The first kappa shape index (κ1) is 15.8. The topological polar surface area (TPSA) is 62.7 Å². The predicted octanol–water partition coefficient (Wildman–Crippen LogP) is 2.69. The first-order valence-corrected chi connectivity index (χ1v) is 7.36. The summed E-state index contributed by atoms with van der Waals surface area (Å²) in [6.07, 6.45) is 2.35. The van der Waals surface area contributed by atoms with Gasteiger partial charge in [-0.05, 0) is 25.0 Å². The fourth-order valence-electron chi connectivity index (χ4n) is 2.41. The number of aromatic carboxylic acids is 1. The first-order valence-electron chi connectivity index (χ1n) is 7.36. The van der Waals surface area contributed by atoms with Gasteiger partial charge in [0.2, 0.25) is 0 Å². The summed E-state index contributed by atoms with van der Waals surface area (Å²) in [5.74, 6) is -0.231. The Balaban J connectivity index is 2.28. The molecule has 2 rings (SSSR count). The van der Waals surface area contributed by atoms with Gasteiger partial charge < -0.3 is 14.7 Å². The molecule has 0 bridgehead atoms. The van der Waals surface area contributed by atoms with E-state index in [-0.39, 0.29) is 17.1 Å². The average Bonchev–Trinajstić information content (AvgIpc) is 2.90. The van der Waals surface area contributed by atoms with Gasteiger partial charge in [0.1, 0.15) is 5.82 Å². The molecule has 0 saturated carbocycles. The highest BCUT2D eigenvalue weighted by atomic mass is 16.5. The number of carboxylic acids is 1. The van der Waals surface area contributed by atoms with Crippen LogP contribution in [-0.2, 0) is 10.2 Å². The van der Waals surface area contributed by atoms with Crippen LogP contribution in [0, 0.1) is 0 Å². The van der Waals surface area contributed by atoms with E-state index in [9.17, 15) is 9.90 Å². The summed E-state index contributed by atoms with van der Waals surface area (Å²) in [5.41, 5.74) is 0.881. The Morgan fingerprint density at radius 1 is 1.48 bits per heavy atom. The molecular formula is C16H24N2O3. The Morgan fingerprint density at radius 2 is 2.19 bits per heavy atom. The van der Waals surface area contributed by atoms with Crippen molar-refractivity contribution in [3.63, 3.8) is 0 Å². The predicted molar refractivity (Wildman–Crippen MR) is 82.1 cm³/mol. The lowest BCUT2D eigenvalue weighted by atomic mass is 9.90. The van der Waals surface area contributed by atoms with Crippen molar-refractivity contribution in [1.82, 2.24) is 4.98 Å². The van der Waals surface area contributed by atoms with Gasteiger partial charge >= 0.3 is 5.97 Å². The molecule has 2 heterocycles. The monoisotopic (exact) mass is 292 g/mol. The lowest BCUT2D eigenvalue weighted by Gasteiger charge is -2.25. The maximum Gasteiger partial charge on any atom is 0.335 e. The maximum atomic E-state index is 11.3. The number of ether oxygens (including phenoxy) is 1. The maximum absolute atomic E-state index is 11.3. The summed E-state index contributed by atoms with van der Waals surface area (Å²) in [6.45, 7) is 7.65. The third-order valence-electron chi connectivity index (χ3n) is 3.72. The highest BCUT2D eigenvalue weighted by Crippen LogP contribution is 2.25. The van der Waals surface area contributed by atoms with Crippen molar-refractivity contribution in [3.05, 3.63) is 23.4 Å². The number of carboxylic acid groups (broad SMARTS) is 1. The normalized spacial score (nSPS) is 18.8. The van der Waals surface area contributed by atoms with Gasteiger partial charge in [-0.2, -0.15) is 0 Å². The van der Waals surface area contributed by atoms with Gasteiger partial charge in [0.25, 0.3) is 0 Å². The first-order chi connectivity index (χ1) is 9.77. The van der Waals surface area contributed by atoms with Crippen LogP contribution in [-0.4, -0.2) is 42.4 Å². The molecule has 1 aliphatic heterocycles. The van der Waals surface area contributed by atoms with Crippen molar-refractivity contribution < 1.29 is 14.6 Å². The summed E-state index contributed by atoms with van der Waals surface area (Å²) >= 11 is 0. The molecule has 21 heavy (non-hydrogen) atoms. The molecular weight excluding hydrogens is 268 g/mol. The van der Waals surface area contributed by atoms with Crippen LogP contribution < -0.4 is 4.90 Å². The number of rotatable bonds is 4. The third kappa shape index (κ3) is 3.94. The van der Waals surface area contributed by atoms with Crippen LogP contribution in [0.5, 0.6) is 0 Å². The number of hydrogen-bond donors (Lipinski definition) is 1. The minimum atomic E-state index is -0.922. The molecule has 0 radical (unpaired) electrons. The second kappa shape index (κ2) is 6.02. The SMILES string of the molecule is CN(CC1CCCO1)c1cc(C(=O)O)cc(C(C)(C)C)n1. The molecule has 1 aromatic heterocycles. The van der Waals surface area contributed by atoms with Gasteiger partial charge in [0.05, 0.1) is 11.7 Å². The number of pyridine rings is 1. The van der Waals surface area contributed by atoms with Crippen LogP contribution in [0.1, 0.15) is 49.7 Å². The Hall–Kier alpha value is -1.62. The van der Waals surface area contributed by atoms with Crippen LogP contribution >= 0.6 is 0 Å². The lowest BCUT2D eigenvalue weighted by Crippen LogP contribution is -2.30. The molecule has 1 N–H and O–H groups in total. The van der Waals surface area contributed by atoms with E-state index >= 15 is 0 Å². The van der Waals surface area contributed by atoms with Gasteiger partial charge in [-0.3, -0.25) is 0 Å². The smallest absolute Gasteiger partial charge is 0.335 e. The number of carbonyl (C=O) groups is 1. The summed E-state index contributed by atoms with van der Waals surface area (Å²) in [4.78, 5) is 17.9. The largest absolute Gasteiger partial charge is 0.478 e. The second-order valence-corrected chi connectivity index (χ2v) is 6.67. The number of hydrogen-bond acceptors (Lipinski definition) is 4. The molecule has 0 amide bonds. The zero-order valence-electron chi connectivity index (χ0n) is 13.2. The van der Waals surface area contributed by atoms with Gasteiger partial charge in [0.15, 0.2) is 0 Å². The number of anilines is 1. The van der Waals surface area contributed by atoms with E-state index < -0.39 is 5.97 Å². The summed E-state index contributed by atoms with van der Waals surface area (Å²) in [5, 5.41) is 9.29. The van der Waals surface area contributed by atoms with E-state index in [1.165, 1.54) is 0 Å². The Morgan fingerprint density at radius 3 is 2.71 bits per heavy atom. The van der Waals surface area contributed by atoms with E-state index in [1.807, 2.05) is 32.7 Å². The summed E-state index contributed by atoms with van der Waals surface area (Å²) < 4.78 is 5.63. The van der Waals surface area contributed by atoms with Crippen molar-refractivity contribution in [1.29, 1.82) is 0 Å². The van der Waals surface area contributed by atoms with Crippen LogP contribution in [0.4, 0.5) is 5.82 Å². The van der Waals surface area contributed by atoms with Crippen molar-refractivity contribution in [2.45, 2.75) is 45.1 Å². The fraction of sp³-hybridized carbons (Fsp3) is 0.625. The molecule has 1 unspecified atom stereocenters. The van der Waals surface area contributed by atoms with E-state index in [0.717, 1.165) is 31.7 Å². The number of nitrogens with zero attached hydrogens (tertiary/aromatic N) is 2. The van der Waals surface area contributed by atoms with E-state index in [2.05, 4.69) is 4.98 Å². The van der Waals surface area contributed by atoms with E-state index in [1.54, 1.807) is 12.1 Å². The molecule has 0 spiro atoms. The fourth-order valence-corrected chi connectivity index (χ4v) is 2.41. The molecule has 1 aliphatic rings. The molecule has 5 heteroatoms. The van der Waals surface area contributed by atoms with Crippen molar-refractivity contribution in [2.24, 2.45) is 0 Å². The Labute approximate surface area is 125 Å². The lowest BCUT2D eigenvalue weighted by molar-refractivity contribution is 0.0696. The highest BCUT2D eigenvalue weighted by molar-refractivity contribution is 5.88. The van der Waals surface area contributed by atoms with Gasteiger partial charge in [-0.1, -0.05) is 20.8 Å². The Bertz CT molecular complexity index is 517. The second-order valence-electron chi connectivity index (χ2n) is 6.67. The van der Waals surface area contributed by atoms with Crippen LogP contribution in [0.2, 0.25) is 0 Å². The molecule has 1 aromatic rings. The molecule has 1 saturated heterocycles. The van der Waals surface area contributed by atoms with Crippen molar-refractivity contribution in [2.75, 3.05) is 25.1 Å². The minimum absolute atomic E-state index is 0.190. The molecule has 0 aliphatic carbocycles. The standard InChI is InChI=1S/C16H24N2O3/c1-16(2,3)13-8-11(15(19)20)9-14(17-13)18(4)10-12-6-5-7-21-12/h8-9,12H,5-7,10H2,1-4H3,(H,19,20). The average molecular weight is 292 g/mol. The molecule has 1 fully saturated rings. The highest BCUT2D eigenvalue weighted by Gasteiger charge is 2.22. The molecule has 0 aromatic carbocycles. The molecule has 1 atom stereocenters. The van der Waals surface area contributed by atoms with Crippen LogP contribution in [0.15, 0.2) is 12.1 Å². The molecule has 5 nitrogen and oxygen atoms in total. The van der Waals surface area contributed by atoms with Crippen LogP contribution in [0.25, 0.3) is 0 Å². The Kier molecular flexibility index (Phi) is 4.52. The van der Waals surface area contributed by atoms with Gasteiger partial charge in [-0.25, -0.2) is 9.78 Å². The van der Waals surface area contributed by atoms with E-state index in [4.69, 9.17) is 4.74 Å². The quantitative estimate of drug-likeness (QED) is 0.924. The number of aromatic nitrogens is 1. The van der Waals surface area contributed by atoms with Gasteiger partial charge in [-0.15, -0.1) is 0 Å². The zero-order valence-corrected chi connectivity index (χ0v) is 13.2.